The number of halogens is 1. The van der Waals surface area contributed by atoms with Crippen molar-refractivity contribution >= 4 is 17.5 Å². The molecule has 1 aromatic rings. The first-order valence-electron chi connectivity index (χ1n) is 6.25. The Morgan fingerprint density at radius 3 is 2.56 bits per heavy atom. The number of carbonyl (C=O) groups is 1. The fourth-order valence-electron chi connectivity index (χ4n) is 1.41. The lowest BCUT2D eigenvalue weighted by atomic mass is 10.0. The average molecular weight is 269 g/mol. The van der Waals surface area contributed by atoms with Gasteiger partial charge in [-0.2, -0.15) is 0 Å². The maximum Gasteiger partial charge on any atom is 0.251 e. The van der Waals surface area contributed by atoms with Gasteiger partial charge in [0.1, 0.15) is 5.15 Å². The van der Waals surface area contributed by atoms with Crippen LogP contribution in [0, 0.1) is 0 Å². The summed E-state index contributed by atoms with van der Waals surface area (Å²) in [7, 11) is 0. The van der Waals surface area contributed by atoms with E-state index >= 15 is 0 Å². The molecule has 4 heteroatoms. The van der Waals surface area contributed by atoms with Crippen LogP contribution < -0.4 is 5.32 Å². The summed E-state index contributed by atoms with van der Waals surface area (Å²) in [5.41, 5.74) is 1.19. The van der Waals surface area contributed by atoms with Crippen LogP contribution in [0.3, 0.4) is 0 Å². The lowest BCUT2D eigenvalue weighted by Gasteiger charge is -2.24. The summed E-state index contributed by atoms with van der Waals surface area (Å²) in [5.74, 6) is 0.141. The summed E-state index contributed by atoms with van der Waals surface area (Å²) >= 11 is 5.95. The van der Waals surface area contributed by atoms with Gasteiger partial charge in [0.05, 0.1) is 0 Å². The fraction of sp³-hybridized carbons (Fsp3) is 0.571. The maximum atomic E-state index is 12.1. The second-order valence-corrected chi connectivity index (χ2v) is 5.84. The largest absolute Gasteiger partial charge is 0.347 e. The molecule has 0 aromatic carbocycles. The van der Waals surface area contributed by atoms with Gasteiger partial charge in [0.25, 0.3) is 5.91 Å². The second kappa shape index (κ2) is 5.70. The van der Waals surface area contributed by atoms with Crippen molar-refractivity contribution in [3.63, 3.8) is 0 Å². The minimum absolute atomic E-state index is 0.104. The number of hydrogen-bond donors (Lipinski definition) is 1. The molecule has 100 valence electrons. The van der Waals surface area contributed by atoms with E-state index in [0.717, 1.165) is 12.1 Å². The number of carbonyl (C=O) groups excluding carboxylic acids is 1. The molecular formula is C14H21ClN2O. The molecule has 18 heavy (non-hydrogen) atoms. The van der Waals surface area contributed by atoms with E-state index < -0.39 is 0 Å². The second-order valence-electron chi connectivity index (χ2n) is 5.45. The summed E-state index contributed by atoms with van der Waals surface area (Å²) in [5, 5.41) is 3.35. The van der Waals surface area contributed by atoms with E-state index in [4.69, 9.17) is 11.6 Å². The Kier molecular flexibility index (Phi) is 4.74. The monoisotopic (exact) mass is 268 g/mol. The molecule has 0 saturated heterocycles. The Morgan fingerprint density at radius 2 is 2.06 bits per heavy atom. The predicted octanol–water partition coefficient (Wildman–Crippen LogP) is 3.78. The first kappa shape index (κ1) is 15.0. The van der Waals surface area contributed by atoms with Crippen LogP contribution in [0.1, 0.15) is 63.0 Å². The molecule has 0 fully saturated rings. The molecular weight excluding hydrogens is 248 g/mol. The van der Waals surface area contributed by atoms with Crippen molar-refractivity contribution in [2.24, 2.45) is 0 Å². The number of hydrogen-bond acceptors (Lipinski definition) is 2. The first-order valence-corrected chi connectivity index (χ1v) is 6.63. The lowest BCUT2D eigenvalue weighted by Crippen LogP contribution is -2.42. The highest BCUT2D eigenvalue weighted by Crippen LogP contribution is 2.18. The van der Waals surface area contributed by atoms with Gasteiger partial charge in [0, 0.05) is 16.8 Å². The molecule has 1 rings (SSSR count). The van der Waals surface area contributed by atoms with E-state index in [1.54, 1.807) is 12.1 Å². The van der Waals surface area contributed by atoms with Crippen LogP contribution in [0.4, 0.5) is 0 Å². The van der Waals surface area contributed by atoms with Gasteiger partial charge in [-0.1, -0.05) is 32.4 Å². The zero-order valence-corrected chi connectivity index (χ0v) is 12.4. The number of nitrogens with one attached hydrogen (secondary N) is 1. The molecule has 0 radical (unpaired) electrons. The van der Waals surface area contributed by atoms with Crippen LogP contribution in [0.2, 0.25) is 5.15 Å². The van der Waals surface area contributed by atoms with Gasteiger partial charge in [-0.25, -0.2) is 4.98 Å². The van der Waals surface area contributed by atoms with Gasteiger partial charge in [0.15, 0.2) is 0 Å². The number of amides is 1. The number of pyridine rings is 1. The zero-order valence-electron chi connectivity index (χ0n) is 11.7. The summed E-state index contributed by atoms with van der Waals surface area (Å²) in [4.78, 5) is 16.4. The average Bonchev–Trinajstić information content (AvgIpc) is 2.27. The summed E-state index contributed by atoms with van der Waals surface area (Å²) in [6.45, 7) is 10.1. The van der Waals surface area contributed by atoms with Crippen molar-refractivity contribution < 1.29 is 4.79 Å². The third-order valence-corrected chi connectivity index (χ3v) is 3.20. The Hall–Kier alpha value is -1.09. The highest BCUT2D eigenvalue weighted by Gasteiger charge is 2.19. The Bertz CT molecular complexity index is 441. The van der Waals surface area contributed by atoms with Crippen LogP contribution >= 0.6 is 11.6 Å². The molecule has 1 heterocycles. The molecule has 0 aliphatic rings. The number of aromatic nitrogens is 1. The van der Waals surface area contributed by atoms with E-state index in [1.165, 1.54) is 0 Å². The molecule has 1 aromatic heterocycles. The predicted molar refractivity (Wildman–Crippen MR) is 75.2 cm³/mol. The smallest absolute Gasteiger partial charge is 0.251 e. The molecule has 3 nitrogen and oxygen atoms in total. The van der Waals surface area contributed by atoms with Crippen molar-refractivity contribution in [3.8, 4) is 0 Å². The Balaban J connectivity index is 2.99. The van der Waals surface area contributed by atoms with Gasteiger partial charge in [-0.05, 0) is 38.3 Å². The molecule has 0 bridgehead atoms. The maximum absolute atomic E-state index is 12.1. The molecule has 1 amide bonds. The van der Waals surface area contributed by atoms with Gasteiger partial charge in [-0.3, -0.25) is 4.79 Å². The standard InChI is InChI=1S/C14H21ClN2O/c1-6-14(4,5)17-13(18)10-7-11(9(2)3)16-12(15)8-10/h7-9H,6H2,1-5H3,(H,17,18). The van der Waals surface area contributed by atoms with Crippen molar-refractivity contribution in [1.82, 2.24) is 10.3 Å². The van der Waals surface area contributed by atoms with Gasteiger partial charge >= 0.3 is 0 Å². The molecule has 0 saturated carbocycles. The van der Waals surface area contributed by atoms with Crippen molar-refractivity contribution in [2.75, 3.05) is 0 Å². The summed E-state index contributed by atoms with van der Waals surface area (Å²) < 4.78 is 0. The van der Waals surface area contributed by atoms with Crippen LogP contribution in [-0.4, -0.2) is 16.4 Å². The van der Waals surface area contributed by atoms with Crippen molar-refractivity contribution in [3.05, 3.63) is 28.5 Å². The van der Waals surface area contributed by atoms with E-state index in [-0.39, 0.29) is 17.4 Å². The highest BCUT2D eigenvalue weighted by molar-refractivity contribution is 6.29. The Morgan fingerprint density at radius 1 is 1.44 bits per heavy atom. The summed E-state index contributed by atoms with van der Waals surface area (Å²) in [6.07, 6.45) is 0.870. The van der Waals surface area contributed by atoms with Crippen LogP contribution in [0.15, 0.2) is 12.1 Å². The SMILES string of the molecule is CCC(C)(C)NC(=O)c1cc(Cl)nc(C(C)C)c1. The first-order chi connectivity index (χ1) is 8.25. The third-order valence-electron chi connectivity index (χ3n) is 3.00. The minimum atomic E-state index is -0.217. The number of nitrogens with zero attached hydrogens (tertiary/aromatic N) is 1. The van der Waals surface area contributed by atoms with E-state index in [1.807, 2.05) is 34.6 Å². The third kappa shape index (κ3) is 3.98. The molecule has 0 aliphatic carbocycles. The highest BCUT2D eigenvalue weighted by atomic mass is 35.5. The van der Waals surface area contributed by atoms with Crippen LogP contribution in [0.5, 0.6) is 0 Å². The topological polar surface area (TPSA) is 42.0 Å². The quantitative estimate of drug-likeness (QED) is 0.845. The van der Waals surface area contributed by atoms with E-state index in [2.05, 4.69) is 10.3 Å². The summed E-state index contributed by atoms with van der Waals surface area (Å²) in [6, 6.07) is 3.41. The molecule has 0 spiro atoms. The fourth-order valence-corrected chi connectivity index (χ4v) is 1.63. The van der Waals surface area contributed by atoms with Crippen LogP contribution in [0.25, 0.3) is 0 Å². The minimum Gasteiger partial charge on any atom is -0.347 e. The van der Waals surface area contributed by atoms with Gasteiger partial charge in [-0.15, -0.1) is 0 Å². The van der Waals surface area contributed by atoms with Gasteiger partial charge in [0.2, 0.25) is 0 Å². The van der Waals surface area contributed by atoms with E-state index in [0.29, 0.717) is 10.7 Å². The lowest BCUT2D eigenvalue weighted by molar-refractivity contribution is 0.0911. The van der Waals surface area contributed by atoms with Crippen molar-refractivity contribution in [1.29, 1.82) is 0 Å². The number of rotatable bonds is 4. The molecule has 0 unspecified atom stereocenters. The normalized spacial score (nSPS) is 11.7. The van der Waals surface area contributed by atoms with Crippen LogP contribution in [-0.2, 0) is 0 Å². The Labute approximate surface area is 114 Å². The van der Waals surface area contributed by atoms with Crippen molar-refractivity contribution in [2.45, 2.75) is 52.5 Å². The zero-order chi connectivity index (χ0) is 13.9. The van der Waals surface area contributed by atoms with E-state index in [9.17, 15) is 4.79 Å². The molecule has 0 atom stereocenters. The molecule has 0 aliphatic heterocycles. The molecule has 1 N–H and O–H groups in total. The van der Waals surface area contributed by atoms with Gasteiger partial charge < -0.3 is 5.32 Å².